The first-order valence-corrected chi connectivity index (χ1v) is 11.4. The van der Waals surface area contributed by atoms with Crippen LogP contribution >= 0.6 is 0 Å². The van der Waals surface area contributed by atoms with Crippen molar-refractivity contribution in [3.8, 4) is 17.2 Å². The molecule has 2 fully saturated rings. The van der Waals surface area contributed by atoms with E-state index < -0.39 is 0 Å². The van der Waals surface area contributed by atoms with Crippen molar-refractivity contribution in [1.82, 2.24) is 20.0 Å². The second-order valence-electron chi connectivity index (χ2n) is 8.17. The molecule has 2 saturated heterocycles. The molecule has 0 aromatic heterocycles. The Morgan fingerprint density at radius 1 is 0.938 bits per heavy atom. The van der Waals surface area contributed by atoms with Gasteiger partial charge in [0.1, 0.15) is 6.54 Å². The lowest BCUT2D eigenvalue weighted by Gasteiger charge is -2.32. The summed E-state index contributed by atoms with van der Waals surface area (Å²) in [5.74, 6) is 1.03. The zero-order chi connectivity index (χ0) is 22.9. The Hall–Kier alpha value is -2.52. The number of methoxy groups -OCH3 is 3. The van der Waals surface area contributed by atoms with Crippen molar-refractivity contribution < 1.29 is 23.8 Å². The van der Waals surface area contributed by atoms with E-state index in [0.29, 0.717) is 42.4 Å². The normalized spacial score (nSPS) is 17.0. The van der Waals surface area contributed by atoms with Gasteiger partial charge in [-0.15, -0.1) is 0 Å². The third-order valence-corrected chi connectivity index (χ3v) is 6.13. The molecule has 3 rings (SSSR count). The van der Waals surface area contributed by atoms with Crippen molar-refractivity contribution in [1.29, 1.82) is 0 Å². The van der Waals surface area contributed by atoms with E-state index in [1.807, 2.05) is 4.90 Å². The van der Waals surface area contributed by atoms with Crippen LogP contribution in [0.4, 0.5) is 0 Å². The molecule has 178 valence electrons. The van der Waals surface area contributed by atoms with Gasteiger partial charge in [-0.1, -0.05) is 6.42 Å². The molecule has 0 bridgehead atoms. The zero-order valence-corrected chi connectivity index (χ0v) is 19.5. The van der Waals surface area contributed by atoms with Gasteiger partial charge in [-0.25, -0.2) is 0 Å². The fraction of sp³-hybridized carbons (Fsp3) is 0.652. The number of hydrogen-bond donors (Lipinski definition) is 1. The number of nitrogens with zero attached hydrogens (tertiary/aromatic N) is 3. The first-order chi connectivity index (χ1) is 15.6. The summed E-state index contributed by atoms with van der Waals surface area (Å²) in [6, 6.07) is 3.29. The highest BCUT2D eigenvalue weighted by Crippen LogP contribution is 2.38. The van der Waals surface area contributed by atoms with Gasteiger partial charge in [0, 0.05) is 44.8 Å². The van der Waals surface area contributed by atoms with Gasteiger partial charge in [-0.05, 0) is 38.1 Å². The van der Waals surface area contributed by atoms with Gasteiger partial charge in [0.15, 0.2) is 11.5 Å². The molecular formula is C23H36N4O5. The summed E-state index contributed by atoms with van der Waals surface area (Å²) >= 11 is 0. The third kappa shape index (κ3) is 6.04. The van der Waals surface area contributed by atoms with E-state index in [0.717, 1.165) is 32.7 Å². The van der Waals surface area contributed by atoms with Crippen LogP contribution in [0.1, 0.15) is 29.6 Å². The molecule has 0 atom stereocenters. The lowest BCUT2D eigenvalue weighted by Crippen LogP contribution is -2.51. The predicted octanol–water partition coefficient (Wildman–Crippen LogP) is 1.07. The molecule has 1 aromatic rings. The molecule has 0 saturated carbocycles. The van der Waals surface area contributed by atoms with Crippen molar-refractivity contribution in [3.05, 3.63) is 17.7 Å². The summed E-state index contributed by atoms with van der Waals surface area (Å²) in [6.45, 7) is 6.27. The Kier molecular flexibility index (Phi) is 8.99. The zero-order valence-electron chi connectivity index (χ0n) is 19.5. The highest BCUT2D eigenvalue weighted by Gasteiger charge is 2.26. The third-order valence-electron chi connectivity index (χ3n) is 6.13. The summed E-state index contributed by atoms with van der Waals surface area (Å²) in [4.78, 5) is 32.4. The minimum absolute atomic E-state index is 0.0223. The van der Waals surface area contributed by atoms with Crippen molar-refractivity contribution in [3.63, 3.8) is 0 Å². The predicted molar refractivity (Wildman–Crippen MR) is 122 cm³/mol. The maximum atomic E-state index is 13.5. The van der Waals surface area contributed by atoms with E-state index in [9.17, 15) is 9.59 Å². The number of ether oxygens (including phenoxy) is 3. The number of hydrogen-bond acceptors (Lipinski definition) is 7. The standard InChI is InChI=1S/C23H36N4O5/c1-30-19-15-18(16-20(31-2)22(19)32-3)23(29)27(14-13-25-9-5-4-6-10-25)17-21(28)26-11-7-24-8-12-26/h15-16,24H,4-14,17H2,1-3H3. The summed E-state index contributed by atoms with van der Waals surface area (Å²) in [6.07, 6.45) is 3.62. The number of benzene rings is 1. The SMILES string of the molecule is COc1cc(C(=O)N(CCN2CCCCC2)CC(=O)N2CCNCC2)cc(OC)c1OC. The van der Waals surface area contributed by atoms with Gasteiger partial charge >= 0.3 is 0 Å². The molecule has 0 spiro atoms. The Labute approximate surface area is 190 Å². The van der Waals surface area contributed by atoms with Crippen LogP contribution in [0.5, 0.6) is 17.2 Å². The smallest absolute Gasteiger partial charge is 0.254 e. The van der Waals surface area contributed by atoms with Crippen LogP contribution in [0, 0.1) is 0 Å². The average molecular weight is 449 g/mol. The van der Waals surface area contributed by atoms with E-state index in [1.165, 1.54) is 40.6 Å². The van der Waals surface area contributed by atoms with E-state index in [-0.39, 0.29) is 18.4 Å². The summed E-state index contributed by atoms with van der Waals surface area (Å²) in [7, 11) is 4.57. The van der Waals surface area contributed by atoms with Gasteiger partial charge in [-0.2, -0.15) is 0 Å². The molecule has 2 heterocycles. The molecule has 2 amide bonds. The van der Waals surface area contributed by atoms with Crippen LogP contribution < -0.4 is 19.5 Å². The average Bonchev–Trinajstić information content (AvgIpc) is 2.86. The molecule has 9 nitrogen and oxygen atoms in total. The summed E-state index contributed by atoms with van der Waals surface area (Å²) in [5, 5.41) is 3.26. The van der Waals surface area contributed by atoms with Gasteiger partial charge in [0.2, 0.25) is 11.7 Å². The molecule has 0 radical (unpaired) electrons. The van der Waals surface area contributed by atoms with E-state index in [1.54, 1.807) is 17.0 Å². The quantitative estimate of drug-likeness (QED) is 0.605. The minimum Gasteiger partial charge on any atom is -0.493 e. The van der Waals surface area contributed by atoms with Crippen LogP contribution in [0.3, 0.4) is 0 Å². The molecule has 2 aliphatic heterocycles. The van der Waals surface area contributed by atoms with Crippen LogP contribution in [0.2, 0.25) is 0 Å². The molecule has 0 aliphatic carbocycles. The fourth-order valence-corrected chi connectivity index (χ4v) is 4.26. The van der Waals surface area contributed by atoms with Crippen LogP contribution in [0.15, 0.2) is 12.1 Å². The topological polar surface area (TPSA) is 83.6 Å². The van der Waals surface area contributed by atoms with Crippen LogP contribution in [0.25, 0.3) is 0 Å². The summed E-state index contributed by atoms with van der Waals surface area (Å²) < 4.78 is 16.2. The minimum atomic E-state index is -0.218. The number of carbonyl (C=O) groups excluding carboxylic acids is 2. The van der Waals surface area contributed by atoms with Crippen LogP contribution in [-0.2, 0) is 4.79 Å². The first kappa shape index (κ1) is 24.1. The second-order valence-corrected chi connectivity index (χ2v) is 8.17. The van der Waals surface area contributed by atoms with E-state index >= 15 is 0 Å². The lowest BCUT2D eigenvalue weighted by molar-refractivity contribution is -0.132. The van der Waals surface area contributed by atoms with E-state index in [2.05, 4.69) is 10.2 Å². The highest BCUT2D eigenvalue weighted by molar-refractivity contribution is 5.97. The lowest BCUT2D eigenvalue weighted by atomic mass is 10.1. The molecule has 32 heavy (non-hydrogen) atoms. The van der Waals surface area contributed by atoms with Gasteiger partial charge < -0.3 is 34.2 Å². The second kappa shape index (κ2) is 11.9. The summed E-state index contributed by atoms with van der Waals surface area (Å²) in [5.41, 5.74) is 0.409. The molecule has 2 aliphatic rings. The number of piperidine rings is 1. The van der Waals surface area contributed by atoms with Gasteiger partial charge in [0.25, 0.3) is 5.91 Å². The number of piperazine rings is 1. The maximum absolute atomic E-state index is 13.5. The molecule has 9 heteroatoms. The maximum Gasteiger partial charge on any atom is 0.254 e. The molecule has 1 N–H and O–H groups in total. The van der Waals surface area contributed by atoms with Crippen molar-refractivity contribution >= 4 is 11.8 Å². The Morgan fingerprint density at radius 3 is 2.12 bits per heavy atom. The van der Waals surface area contributed by atoms with Crippen LogP contribution in [-0.4, -0.2) is 107 Å². The van der Waals surface area contributed by atoms with E-state index in [4.69, 9.17) is 14.2 Å². The number of rotatable bonds is 9. The number of likely N-dealkylation sites (tertiary alicyclic amines) is 1. The van der Waals surface area contributed by atoms with Gasteiger partial charge in [-0.3, -0.25) is 9.59 Å². The molecule has 1 aromatic carbocycles. The Bertz CT molecular complexity index is 751. The number of amides is 2. The first-order valence-electron chi connectivity index (χ1n) is 11.4. The molecular weight excluding hydrogens is 412 g/mol. The molecule has 0 unspecified atom stereocenters. The van der Waals surface area contributed by atoms with Crippen molar-refractivity contribution in [2.75, 3.05) is 80.2 Å². The highest BCUT2D eigenvalue weighted by atomic mass is 16.5. The van der Waals surface area contributed by atoms with Crippen molar-refractivity contribution in [2.24, 2.45) is 0 Å². The monoisotopic (exact) mass is 448 g/mol. The number of nitrogens with one attached hydrogen (secondary N) is 1. The Morgan fingerprint density at radius 2 is 1.56 bits per heavy atom. The Balaban J connectivity index is 1.80. The largest absolute Gasteiger partial charge is 0.493 e. The number of carbonyl (C=O) groups is 2. The van der Waals surface area contributed by atoms with Gasteiger partial charge in [0.05, 0.1) is 21.3 Å². The van der Waals surface area contributed by atoms with Crippen molar-refractivity contribution in [2.45, 2.75) is 19.3 Å². The fourth-order valence-electron chi connectivity index (χ4n) is 4.26.